The van der Waals surface area contributed by atoms with Crippen LogP contribution in [0.15, 0.2) is 47.0 Å². The molecule has 4 amide bonds. The first-order valence-electron chi connectivity index (χ1n) is 24.1. The van der Waals surface area contributed by atoms with Crippen LogP contribution in [0, 0.1) is 19.8 Å². The fraction of sp³-hybridized carbons (Fsp3) is 0.469. The van der Waals surface area contributed by atoms with E-state index in [1.165, 1.54) is 19.3 Å². The number of hydrogen-bond donors (Lipinski definition) is 5. The van der Waals surface area contributed by atoms with Crippen LogP contribution >= 0.6 is 0 Å². The van der Waals surface area contributed by atoms with Gasteiger partial charge in [-0.1, -0.05) is 32.9 Å². The highest BCUT2D eigenvalue weighted by atomic mass is 16.5. The van der Waals surface area contributed by atoms with Crippen molar-refractivity contribution in [3.63, 3.8) is 0 Å². The van der Waals surface area contributed by atoms with Crippen molar-refractivity contribution in [3.05, 3.63) is 82.5 Å². The van der Waals surface area contributed by atoms with Crippen LogP contribution in [-0.4, -0.2) is 143 Å². The number of pyridine rings is 1. The smallest absolute Gasteiger partial charge is 0.295 e. The first-order valence-corrected chi connectivity index (χ1v) is 24.1. The molecule has 2 aliphatic rings. The maximum absolute atomic E-state index is 13.8. The second-order valence-electron chi connectivity index (χ2n) is 18.2. The number of anilines is 2. The zero-order chi connectivity index (χ0) is 51.9. The van der Waals surface area contributed by atoms with Crippen molar-refractivity contribution in [2.24, 2.45) is 23.1 Å². The molecule has 8 rings (SSSR count). The van der Waals surface area contributed by atoms with Crippen molar-refractivity contribution >= 4 is 64.0 Å². The number of amides is 4. The number of aldehydes is 1. The van der Waals surface area contributed by atoms with Crippen LogP contribution in [0.25, 0.3) is 22.2 Å². The van der Waals surface area contributed by atoms with Gasteiger partial charge in [-0.15, -0.1) is 0 Å². The number of carbonyl (C=O) groups excluding carboxylic acids is 5. The van der Waals surface area contributed by atoms with Gasteiger partial charge in [-0.05, 0) is 70.3 Å². The van der Waals surface area contributed by atoms with Crippen molar-refractivity contribution in [1.82, 2.24) is 48.7 Å². The number of likely N-dealkylation sites (tertiary alicyclic amines) is 1. The van der Waals surface area contributed by atoms with E-state index >= 15 is 0 Å². The highest BCUT2D eigenvalue weighted by Gasteiger charge is 2.48. The molecule has 1 aromatic carbocycles. The zero-order valence-electron chi connectivity index (χ0n) is 41.9. The number of hydrogen-bond acceptors (Lipinski definition) is 16. The molecule has 5 aromatic heterocycles. The number of oxazole rings is 1. The lowest BCUT2D eigenvalue weighted by molar-refractivity contribution is -0.189. The quantitative estimate of drug-likeness (QED) is 0.0416. The molecule has 1 atom stereocenters. The number of rotatable bonds is 20. The third kappa shape index (κ3) is 11.5. The number of fused-ring (bicyclic) bond motifs is 2. The molecule has 72 heavy (non-hydrogen) atoms. The maximum Gasteiger partial charge on any atom is 0.295 e. The van der Waals surface area contributed by atoms with Crippen molar-refractivity contribution in [1.29, 1.82) is 0 Å². The number of morpholine rings is 1. The van der Waals surface area contributed by atoms with Gasteiger partial charge in [-0.25, -0.2) is 19.9 Å². The van der Waals surface area contributed by atoms with Gasteiger partial charge < -0.3 is 40.6 Å². The Balaban J connectivity index is 0.00000376. The van der Waals surface area contributed by atoms with Gasteiger partial charge in [0.05, 0.1) is 48.3 Å². The highest BCUT2D eigenvalue weighted by Crippen LogP contribution is 2.33. The molecule has 0 radical (unpaired) electrons. The Morgan fingerprint density at radius 2 is 1.64 bits per heavy atom. The molecule has 2 fully saturated rings. The highest BCUT2D eigenvalue weighted by molar-refractivity contribution is 6.04. The molecule has 384 valence electrons. The van der Waals surface area contributed by atoms with Gasteiger partial charge in [0, 0.05) is 64.5 Å². The molecule has 0 bridgehead atoms. The van der Waals surface area contributed by atoms with E-state index in [0.29, 0.717) is 140 Å². The summed E-state index contributed by atoms with van der Waals surface area (Å²) in [6.07, 6.45) is 7.47. The normalized spacial score (nSPS) is 14.9. The second-order valence-corrected chi connectivity index (χ2v) is 18.2. The van der Waals surface area contributed by atoms with E-state index in [4.69, 9.17) is 30.3 Å². The molecule has 23 nitrogen and oxygen atoms in total. The number of nitrogens with zero attached hydrogens (tertiary/aromatic N) is 10. The van der Waals surface area contributed by atoms with Crippen LogP contribution in [0.1, 0.15) is 99.6 Å². The first-order chi connectivity index (χ1) is 34.6. The summed E-state index contributed by atoms with van der Waals surface area (Å²) < 4.78 is 23.4. The van der Waals surface area contributed by atoms with E-state index in [2.05, 4.69) is 55.2 Å². The number of aromatic nitrogens is 8. The third-order valence-corrected chi connectivity index (χ3v) is 12.3. The number of nitrogens with one attached hydrogen (secondary N) is 2. The molecule has 1 spiro atoms. The molecule has 8 N–H and O–H groups in total. The minimum absolute atomic E-state index is 0.0315. The van der Waals surface area contributed by atoms with E-state index in [1.807, 2.05) is 30.9 Å². The number of aryl methyl sites for hydroxylation is 4. The topological polar surface area (TPSA) is 305 Å². The summed E-state index contributed by atoms with van der Waals surface area (Å²) >= 11 is 0. The number of primary amides is 1. The predicted octanol–water partition coefficient (Wildman–Crippen LogP) is 3.47. The molecular weight excluding hydrogens is 927 g/mol. The molecule has 2 saturated heterocycles. The van der Waals surface area contributed by atoms with Crippen LogP contribution in [0.4, 0.5) is 11.9 Å². The number of imidazole rings is 2. The average molecular weight is 992 g/mol. The minimum atomic E-state index is -0.677. The van der Waals surface area contributed by atoms with Gasteiger partial charge in [0.2, 0.25) is 29.5 Å². The van der Waals surface area contributed by atoms with Crippen LogP contribution in [-0.2, 0) is 35.6 Å². The fourth-order valence-electron chi connectivity index (χ4n) is 9.12. The van der Waals surface area contributed by atoms with Gasteiger partial charge in [-0.2, -0.15) is 5.10 Å². The summed E-state index contributed by atoms with van der Waals surface area (Å²) in [7, 11) is 1.50. The molecule has 7 heterocycles. The Morgan fingerprint density at radius 1 is 0.931 bits per heavy atom. The predicted molar refractivity (Wildman–Crippen MR) is 269 cm³/mol. The Kier molecular flexibility index (Phi) is 16.6. The first kappa shape index (κ1) is 52.5. The van der Waals surface area contributed by atoms with Crippen molar-refractivity contribution in [3.8, 4) is 5.75 Å². The number of allylic oxidation sites excluding steroid dienone is 2. The molecule has 2 aliphatic heterocycles. The van der Waals surface area contributed by atoms with Crippen molar-refractivity contribution in [2.45, 2.75) is 92.1 Å². The van der Waals surface area contributed by atoms with Crippen molar-refractivity contribution < 1.29 is 37.9 Å². The Bertz CT molecular complexity index is 2980. The third-order valence-electron chi connectivity index (χ3n) is 12.3. The standard InChI is InChI=1S/C48H60N14O8.CH5N/c1-7-34-40(70-30(6)52-34)44(66)56-46-53-35-20-31(24-63)21-38(68-16-11-12-58-25-48(26-58)27-59(15-17-69-48)45(67)33(49)18-28(3)4)39(35)60(46)13-9-10-14-61-42-36(22-32(23-51-42)41(50)64)54-47(61)55-43(65)37-19-29(5)57-62(37)8-2;1-2/h9-10,19-24,28,33H,7-8,11-18,25-27,49H2,1-6H3,(H2,50,64)(H,53,56,66)(H,54,55,65);2H2,1H3/b10-9+;. The largest absolute Gasteiger partial charge is 0.491 e. The lowest BCUT2D eigenvalue weighted by atomic mass is 9.91. The summed E-state index contributed by atoms with van der Waals surface area (Å²) in [6, 6.07) is 5.94. The minimum Gasteiger partial charge on any atom is -0.491 e. The van der Waals surface area contributed by atoms with Gasteiger partial charge in [0.1, 0.15) is 34.4 Å². The average Bonchev–Trinajstić information content (AvgIpc) is 4.12. The van der Waals surface area contributed by atoms with E-state index in [1.54, 1.807) is 45.9 Å². The monoisotopic (exact) mass is 992 g/mol. The summed E-state index contributed by atoms with van der Waals surface area (Å²) in [5.41, 5.74) is 19.5. The SMILES string of the molecule is CCc1nc(C)oc1C(=O)Nc1nc2cc(C=O)cc(OCCCN3CC4(C3)CN(C(=O)C(N)CC(C)C)CCO4)c2n1C/C=C/Cn1c(NC(=O)c2cc(C)nn2CC)nc2cc(C(N)=O)cnc21.CN. The molecular formula is C49H65N15O8. The van der Waals surface area contributed by atoms with Gasteiger partial charge in [-0.3, -0.25) is 48.8 Å². The van der Waals surface area contributed by atoms with Crippen LogP contribution in [0.5, 0.6) is 5.75 Å². The molecule has 23 heteroatoms. The number of carbonyl (C=O) groups is 5. The molecule has 0 saturated carbocycles. The van der Waals surface area contributed by atoms with Crippen molar-refractivity contribution in [2.75, 3.05) is 63.6 Å². The fourth-order valence-corrected chi connectivity index (χ4v) is 9.12. The number of benzene rings is 1. The molecule has 1 unspecified atom stereocenters. The second kappa shape index (κ2) is 22.8. The molecule has 6 aromatic rings. The van der Waals surface area contributed by atoms with E-state index < -0.39 is 29.4 Å². The Labute approximate surface area is 416 Å². The van der Waals surface area contributed by atoms with E-state index in [-0.39, 0.29) is 42.2 Å². The molecule has 0 aliphatic carbocycles. The Hall–Kier alpha value is -7.34. The zero-order valence-corrected chi connectivity index (χ0v) is 41.9. The van der Waals surface area contributed by atoms with Crippen LogP contribution in [0.2, 0.25) is 0 Å². The summed E-state index contributed by atoms with van der Waals surface area (Å²) in [5.74, 6) is -0.254. The van der Waals surface area contributed by atoms with Crippen LogP contribution < -0.4 is 32.6 Å². The maximum atomic E-state index is 13.8. The van der Waals surface area contributed by atoms with Crippen LogP contribution in [0.3, 0.4) is 0 Å². The summed E-state index contributed by atoms with van der Waals surface area (Å²) in [5, 5.41) is 10.2. The Morgan fingerprint density at radius 3 is 2.33 bits per heavy atom. The van der Waals surface area contributed by atoms with E-state index in [9.17, 15) is 24.0 Å². The summed E-state index contributed by atoms with van der Waals surface area (Å²) in [4.78, 5) is 87.2. The number of nitrogens with two attached hydrogens (primary N) is 3. The van der Waals surface area contributed by atoms with Gasteiger partial charge >= 0.3 is 0 Å². The summed E-state index contributed by atoms with van der Waals surface area (Å²) in [6.45, 7) is 16.0. The lowest BCUT2D eigenvalue weighted by Gasteiger charge is -2.54. The lowest BCUT2D eigenvalue weighted by Crippen LogP contribution is -2.71. The van der Waals surface area contributed by atoms with Gasteiger partial charge in [0.25, 0.3) is 11.8 Å². The van der Waals surface area contributed by atoms with E-state index in [0.717, 1.165) is 0 Å². The van der Waals surface area contributed by atoms with Gasteiger partial charge in [0.15, 0.2) is 11.5 Å². The number of ether oxygens (including phenoxy) is 2.